The highest BCUT2D eigenvalue weighted by atomic mass is 35.5. The number of nitrogens with zero attached hydrogens (tertiary/aromatic N) is 1. The summed E-state index contributed by atoms with van der Waals surface area (Å²) >= 11 is 11.9. The van der Waals surface area contributed by atoms with Crippen LogP contribution < -0.4 is 4.90 Å². The molecule has 1 aromatic rings. The SMILES string of the molecule is CC1=C(C)C(=O)C(COC(=O)c2cc(C)cc(C)c2N(CCCl)CCCl)=C(C)C1=O. The van der Waals surface area contributed by atoms with Crippen LogP contribution in [0.2, 0.25) is 0 Å². The van der Waals surface area contributed by atoms with E-state index in [1.807, 2.05) is 24.8 Å². The summed E-state index contributed by atoms with van der Waals surface area (Å²) in [6.07, 6.45) is 0. The lowest BCUT2D eigenvalue weighted by Crippen LogP contribution is -2.30. The molecule has 162 valence electrons. The van der Waals surface area contributed by atoms with Crippen LogP contribution >= 0.6 is 23.2 Å². The van der Waals surface area contributed by atoms with Crippen molar-refractivity contribution in [3.05, 3.63) is 51.1 Å². The van der Waals surface area contributed by atoms with Crippen LogP contribution in [0.4, 0.5) is 5.69 Å². The van der Waals surface area contributed by atoms with Gasteiger partial charge in [0, 0.05) is 47.1 Å². The summed E-state index contributed by atoms with van der Waals surface area (Å²) in [7, 11) is 0. The maximum Gasteiger partial charge on any atom is 0.340 e. The smallest absolute Gasteiger partial charge is 0.340 e. The molecule has 0 aromatic heterocycles. The Hall–Kier alpha value is -2.11. The second-order valence-electron chi connectivity index (χ2n) is 7.43. The summed E-state index contributed by atoms with van der Waals surface area (Å²) in [6.45, 7) is 9.45. The number of halogens is 2. The van der Waals surface area contributed by atoms with Crippen molar-refractivity contribution < 1.29 is 19.1 Å². The summed E-state index contributed by atoms with van der Waals surface area (Å²) in [6, 6.07) is 3.74. The van der Waals surface area contributed by atoms with Crippen LogP contribution in [0, 0.1) is 13.8 Å². The molecule has 0 N–H and O–H groups in total. The Morgan fingerprint density at radius 1 is 0.900 bits per heavy atom. The van der Waals surface area contributed by atoms with Gasteiger partial charge in [0.1, 0.15) is 6.61 Å². The molecular weight excluding hydrogens is 425 g/mol. The molecule has 1 aromatic carbocycles. The van der Waals surface area contributed by atoms with Crippen LogP contribution in [-0.4, -0.2) is 49.0 Å². The normalized spacial score (nSPS) is 14.5. The molecule has 2 rings (SSSR count). The highest BCUT2D eigenvalue weighted by molar-refractivity contribution is 6.24. The molecule has 5 nitrogen and oxygen atoms in total. The molecule has 0 fully saturated rings. The van der Waals surface area contributed by atoms with Gasteiger partial charge in [-0.1, -0.05) is 6.07 Å². The number of hydrogen-bond donors (Lipinski definition) is 0. The van der Waals surface area contributed by atoms with Gasteiger partial charge in [-0.25, -0.2) is 4.79 Å². The van der Waals surface area contributed by atoms with E-state index in [4.69, 9.17) is 27.9 Å². The van der Waals surface area contributed by atoms with Crippen LogP contribution in [0.15, 0.2) is 34.4 Å². The number of carbonyl (C=O) groups excluding carboxylic acids is 3. The van der Waals surface area contributed by atoms with E-state index in [0.717, 1.165) is 16.8 Å². The van der Waals surface area contributed by atoms with E-state index in [9.17, 15) is 14.4 Å². The maximum absolute atomic E-state index is 13.0. The number of hydrogen-bond acceptors (Lipinski definition) is 5. The van der Waals surface area contributed by atoms with E-state index in [2.05, 4.69) is 0 Å². The fourth-order valence-corrected chi connectivity index (χ4v) is 4.03. The molecule has 0 heterocycles. The number of esters is 1. The molecule has 0 unspecified atom stereocenters. The molecule has 0 amide bonds. The monoisotopic (exact) mass is 451 g/mol. The zero-order valence-corrected chi connectivity index (χ0v) is 19.5. The van der Waals surface area contributed by atoms with Gasteiger partial charge in [-0.2, -0.15) is 0 Å². The van der Waals surface area contributed by atoms with Crippen LogP contribution in [0.1, 0.15) is 42.3 Å². The minimum absolute atomic E-state index is 0.194. The summed E-state index contributed by atoms with van der Waals surface area (Å²) in [5.41, 5.74) is 4.29. The third-order valence-electron chi connectivity index (χ3n) is 5.35. The number of aryl methyl sites for hydroxylation is 2. The van der Waals surface area contributed by atoms with Crippen LogP contribution in [-0.2, 0) is 14.3 Å². The number of rotatable bonds is 8. The van der Waals surface area contributed by atoms with Gasteiger partial charge in [0.15, 0.2) is 11.6 Å². The fourth-order valence-electron chi connectivity index (χ4n) is 3.62. The van der Waals surface area contributed by atoms with E-state index in [0.29, 0.717) is 47.1 Å². The Morgan fingerprint density at radius 3 is 2.03 bits per heavy atom. The average molecular weight is 452 g/mol. The number of anilines is 1. The van der Waals surface area contributed by atoms with Gasteiger partial charge in [0.2, 0.25) is 0 Å². The van der Waals surface area contributed by atoms with E-state index in [1.165, 1.54) is 0 Å². The first-order chi connectivity index (χ1) is 14.1. The Kier molecular flexibility index (Phi) is 8.27. The zero-order chi connectivity index (χ0) is 22.6. The Balaban J connectivity index is 2.36. The minimum Gasteiger partial charge on any atom is -0.457 e. The lowest BCUT2D eigenvalue weighted by molar-refractivity contribution is -0.116. The number of allylic oxidation sites excluding steroid dienone is 3. The van der Waals surface area contributed by atoms with Crippen molar-refractivity contribution in [3.63, 3.8) is 0 Å². The van der Waals surface area contributed by atoms with Crippen molar-refractivity contribution in [1.82, 2.24) is 0 Å². The summed E-state index contributed by atoms with van der Waals surface area (Å²) < 4.78 is 5.51. The van der Waals surface area contributed by atoms with Crippen molar-refractivity contribution in [2.75, 3.05) is 36.4 Å². The van der Waals surface area contributed by atoms with Gasteiger partial charge in [0.05, 0.1) is 11.3 Å². The summed E-state index contributed by atoms with van der Waals surface area (Å²) in [5, 5.41) is 0. The molecule has 1 aliphatic rings. The van der Waals surface area contributed by atoms with Gasteiger partial charge in [-0.15, -0.1) is 23.2 Å². The highest BCUT2D eigenvalue weighted by Crippen LogP contribution is 2.29. The van der Waals surface area contributed by atoms with Crippen molar-refractivity contribution in [2.24, 2.45) is 0 Å². The van der Waals surface area contributed by atoms with Crippen LogP contribution in [0.5, 0.6) is 0 Å². The predicted molar refractivity (Wildman–Crippen MR) is 121 cm³/mol. The van der Waals surface area contributed by atoms with Crippen molar-refractivity contribution >= 4 is 46.4 Å². The van der Waals surface area contributed by atoms with E-state index in [-0.39, 0.29) is 23.7 Å². The predicted octanol–water partition coefficient (Wildman–Crippen LogP) is 4.55. The molecule has 0 spiro atoms. The summed E-state index contributed by atoms with van der Waals surface area (Å²) in [5.74, 6) is -0.251. The maximum atomic E-state index is 13.0. The largest absolute Gasteiger partial charge is 0.457 e. The molecule has 0 atom stereocenters. The van der Waals surface area contributed by atoms with E-state index >= 15 is 0 Å². The quantitative estimate of drug-likeness (QED) is 0.329. The number of Topliss-reactive ketones (excluding diaryl/α,β-unsaturated/α-hetero) is 2. The second kappa shape index (κ2) is 10.3. The van der Waals surface area contributed by atoms with E-state index in [1.54, 1.807) is 26.8 Å². The van der Waals surface area contributed by atoms with E-state index < -0.39 is 5.97 Å². The number of alkyl halides is 2. The molecule has 1 aliphatic carbocycles. The van der Waals surface area contributed by atoms with Crippen molar-refractivity contribution in [3.8, 4) is 0 Å². The second-order valence-corrected chi connectivity index (χ2v) is 8.19. The third kappa shape index (κ3) is 4.96. The Morgan fingerprint density at radius 2 is 1.47 bits per heavy atom. The van der Waals surface area contributed by atoms with Crippen LogP contribution in [0.3, 0.4) is 0 Å². The summed E-state index contributed by atoms with van der Waals surface area (Å²) in [4.78, 5) is 39.9. The number of carbonyl (C=O) groups is 3. The number of ketones is 2. The molecule has 0 saturated carbocycles. The Labute approximate surface area is 187 Å². The highest BCUT2D eigenvalue weighted by Gasteiger charge is 2.29. The lowest BCUT2D eigenvalue weighted by Gasteiger charge is -2.27. The average Bonchev–Trinajstić information content (AvgIpc) is 2.70. The number of benzene rings is 1. The van der Waals surface area contributed by atoms with Gasteiger partial charge < -0.3 is 9.64 Å². The van der Waals surface area contributed by atoms with Gasteiger partial charge >= 0.3 is 5.97 Å². The molecule has 30 heavy (non-hydrogen) atoms. The van der Waals surface area contributed by atoms with Crippen molar-refractivity contribution in [2.45, 2.75) is 34.6 Å². The first kappa shape index (κ1) is 24.2. The van der Waals surface area contributed by atoms with Crippen LogP contribution in [0.25, 0.3) is 0 Å². The number of ether oxygens (including phenoxy) is 1. The molecule has 0 aliphatic heterocycles. The minimum atomic E-state index is -0.560. The molecule has 0 radical (unpaired) electrons. The topological polar surface area (TPSA) is 63.7 Å². The molecular formula is C23H27Cl2NO4. The lowest BCUT2D eigenvalue weighted by atomic mass is 9.86. The van der Waals surface area contributed by atoms with Crippen molar-refractivity contribution in [1.29, 1.82) is 0 Å². The molecule has 0 bridgehead atoms. The fraction of sp³-hybridized carbons (Fsp3) is 0.435. The Bertz CT molecular complexity index is 941. The third-order valence-corrected chi connectivity index (χ3v) is 5.69. The first-order valence-corrected chi connectivity index (χ1v) is 10.8. The van der Waals surface area contributed by atoms with Gasteiger partial charge in [0.25, 0.3) is 0 Å². The molecule has 7 heteroatoms. The standard InChI is InChI=1S/C23H27Cl2NO4/c1-13-10-14(2)20(26(8-6-24)9-7-25)18(11-13)23(29)30-12-19-17(5)21(27)15(3)16(4)22(19)28/h10-11H,6-9,12H2,1-5H3. The van der Waals surface area contributed by atoms with Gasteiger partial charge in [-0.3, -0.25) is 9.59 Å². The zero-order valence-electron chi connectivity index (χ0n) is 18.0. The van der Waals surface area contributed by atoms with Gasteiger partial charge in [-0.05, 0) is 51.8 Å². The first-order valence-electron chi connectivity index (χ1n) is 9.75. The molecule has 0 saturated heterocycles.